The van der Waals surface area contributed by atoms with E-state index >= 15 is 0 Å². The van der Waals surface area contributed by atoms with Gasteiger partial charge in [-0.2, -0.15) is 0 Å². The van der Waals surface area contributed by atoms with Gasteiger partial charge in [0.25, 0.3) is 5.91 Å². The highest BCUT2D eigenvalue weighted by Gasteiger charge is 2.18. The van der Waals surface area contributed by atoms with Crippen LogP contribution in [0.25, 0.3) is 0 Å². The van der Waals surface area contributed by atoms with Gasteiger partial charge in [-0.15, -0.1) is 0 Å². The smallest absolute Gasteiger partial charge is 0.340 e. The Labute approximate surface area is 134 Å². The second kappa shape index (κ2) is 7.60. The molecule has 0 N–H and O–H groups in total. The second-order valence-electron chi connectivity index (χ2n) is 4.56. The van der Waals surface area contributed by atoms with Crippen LogP contribution >= 0.6 is 11.6 Å². The van der Waals surface area contributed by atoms with Gasteiger partial charge in [0.15, 0.2) is 16.4 Å². The fourth-order valence-corrected chi connectivity index (χ4v) is 2.61. The van der Waals surface area contributed by atoms with Crippen molar-refractivity contribution in [3.05, 3.63) is 28.8 Å². The highest BCUT2D eigenvalue weighted by atomic mass is 35.5. The fourth-order valence-electron chi connectivity index (χ4n) is 1.76. The Morgan fingerprint density at radius 1 is 1.23 bits per heavy atom. The number of ether oxygens (including phenoxy) is 1. The number of hydrogen-bond acceptors (Lipinski definition) is 5. The highest BCUT2D eigenvalue weighted by molar-refractivity contribution is 7.90. The second-order valence-corrected chi connectivity index (χ2v) is 6.98. The van der Waals surface area contributed by atoms with Gasteiger partial charge in [-0.25, -0.2) is 13.2 Å². The van der Waals surface area contributed by atoms with Crippen molar-refractivity contribution in [3.63, 3.8) is 0 Å². The normalized spacial score (nSPS) is 11.1. The van der Waals surface area contributed by atoms with Crippen LogP contribution in [0.1, 0.15) is 24.2 Å². The van der Waals surface area contributed by atoms with Gasteiger partial charge in [0.05, 0.1) is 15.5 Å². The number of likely N-dealkylation sites (N-methyl/N-ethyl adjacent to an activating group) is 1. The summed E-state index contributed by atoms with van der Waals surface area (Å²) >= 11 is 5.88. The first-order valence-corrected chi connectivity index (χ1v) is 8.92. The van der Waals surface area contributed by atoms with E-state index in [2.05, 4.69) is 0 Å². The predicted molar refractivity (Wildman–Crippen MR) is 82.8 cm³/mol. The molecular formula is C14H18ClNO5S. The average Bonchev–Trinajstić information content (AvgIpc) is 2.45. The van der Waals surface area contributed by atoms with Crippen molar-refractivity contribution in [2.75, 3.05) is 26.0 Å². The summed E-state index contributed by atoms with van der Waals surface area (Å²) < 4.78 is 27.9. The van der Waals surface area contributed by atoms with E-state index in [0.29, 0.717) is 13.1 Å². The summed E-state index contributed by atoms with van der Waals surface area (Å²) in [4.78, 5) is 25.2. The number of sulfone groups is 1. The minimum Gasteiger partial charge on any atom is -0.452 e. The van der Waals surface area contributed by atoms with Gasteiger partial charge in [0, 0.05) is 19.3 Å². The number of carbonyl (C=O) groups excluding carboxylic acids is 2. The van der Waals surface area contributed by atoms with Crippen LogP contribution in [-0.4, -0.2) is 51.1 Å². The average molecular weight is 348 g/mol. The summed E-state index contributed by atoms with van der Waals surface area (Å²) in [7, 11) is -3.47. The van der Waals surface area contributed by atoms with E-state index < -0.39 is 22.4 Å². The molecule has 1 amide bonds. The maximum absolute atomic E-state index is 12.0. The molecule has 0 aliphatic heterocycles. The first-order valence-electron chi connectivity index (χ1n) is 6.65. The number of hydrogen-bond donors (Lipinski definition) is 0. The molecule has 0 fully saturated rings. The Morgan fingerprint density at radius 2 is 1.82 bits per heavy atom. The largest absolute Gasteiger partial charge is 0.452 e. The molecule has 0 aromatic heterocycles. The fraction of sp³-hybridized carbons (Fsp3) is 0.429. The van der Waals surface area contributed by atoms with Crippen molar-refractivity contribution >= 4 is 33.3 Å². The summed E-state index contributed by atoms with van der Waals surface area (Å²) in [6, 6.07) is 3.75. The van der Waals surface area contributed by atoms with Gasteiger partial charge in [-0.1, -0.05) is 11.6 Å². The molecule has 0 aliphatic rings. The van der Waals surface area contributed by atoms with Gasteiger partial charge in [0.2, 0.25) is 0 Å². The van der Waals surface area contributed by atoms with Crippen molar-refractivity contribution in [1.29, 1.82) is 0 Å². The SMILES string of the molecule is CCN(CC)C(=O)COC(=O)c1cc(S(C)(=O)=O)ccc1Cl. The van der Waals surface area contributed by atoms with Crippen molar-refractivity contribution in [2.24, 2.45) is 0 Å². The zero-order chi connectivity index (χ0) is 16.9. The summed E-state index contributed by atoms with van der Waals surface area (Å²) in [5, 5.41) is 0.0627. The van der Waals surface area contributed by atoms with Crippen LogP contribution in [0.5, 0.6) is 0 Å². The van der Waals surface area contributed by atoms with Crippen molar-refractivity contribution in [2.45, 2.75) is 18.7 Å². The van der Waals surface area contributed by atoms with Crippen LogP contribution in [0.4, 0.5) is 0 Å². The molecule has 0 saturated carbocycles. The number of carbonyl (C=O) groups is 2. The molecule has 0 heterocycles. The van der Waals surface area contributed by atoms with Crippen molar-refractivity contribution in [3.8, 4) is 0 Å². The van der Waals surface area contributed by atoms with Crippen LogP contribution < -0.4 is 0 Å². The first kappa shape index (κ1) is 18.4. The van der Waals surface area contributed by atoms with Gasteiger partial charge in [-0.3, -0.25) is 4.79 Å². The summed E-state index contributed by atoms with van der Waals surface area (Å²) in [6.45, 7) is 4.24. The van der Waals surface area contributed by atoms with Crippen LogP contribution in [-0.2, 0) is 19.4 Å². The Kier molecular flexibility index (Phi) is 6.37. The third kappa shape index (κ3) is 4.71. The minimum absolute atomic E-state index is 0.0427. The quantitative estimate of drug-likeness (QED) is 0.732. The monoisotopic (exact) mass is 347 g/mol. The van der Waals surface area contributed by atoms with Gasteiger partial charge < -0.3 is 9.64 Å². The summed E-state index contributed by atoms with van der Waals surface area (Å²) in [5.41, 5.74) is -0.0862. The molecular weight excluding hydrogens is 330 g/mol. The maximum Gasteiger partial charge on any atom is 0.340 e. The van der Waals surface area contributed by atoms with Crippen molar-refractivity contribution in [1.82, 2.24) is 4.90 Å². The molecule has 0 aliphatic carbocycles. The number of rotatable bonds is 6. The van der Waals surface area contributed by atoms with Crippen LogP contribution in [0.3, 0.4) is 0 Å². The van der Waals surface area contributed by atoms with Crippen molar-refractivity contribution < 1.29 is 22.7 Å². The number of halogens is 1. The van der Waals surface area contributed by atoms with Gasteiger partial charge >= 0.3 is 5.97 Å². The topological polar surface area (TPSA) is 80.8 Å². The molecule has 0 saturated heterocycles. The van der Waals surface area contributed by atoms with E-state index in [1.165, 1.54) is 17.0 Å². The third-order valence-corrected chi connectivity index (χ3v) is 4.47. The van der Waals surface area contributed by atoms with E-state index in [1.807, 2.05) is 13.8 Å². The predicted octanol–water partition coefficient (Wildman–Crippen LogP) is 1.77. The molecule has 1 aromatic rings. The van der Waals surface area contributed by atoms with Gasteiger partial charge in [-0.05, 0) is 32.0 Å². The lowest BCUT2D eigenvalue weighted by Crippen LogP contribution is -2.34. The van der Waals surface area contributed by atoms with Crippen LogP contribution in [0.2, 0.25) is 5.02 Å². The lowest BCUT2D eigenvalue weighted by molar-refractivity contribution is -0.134. The van der Waals surface area contributed by atoms with E-state index in [9.17, 15) is 18.0 Å². The van der Waals surface area contributed by atoms with Gasteiger partial charge in [0.1, 0.15) is 0 Å². The zero-order valence-electron chi connectivity index (χ0n) is 12.6. The molecule has 8 heteroatoms. The molecule has 0 unspecified atom stereocenters. The summed E-state index contributed by atoms with van der Waals surface area (Å²) in [6.07, 6.45) is 1.02. The Morgan fingerprint density at radius 3 is 2.32 bits per heavy atom. The Bertz CT molecular complexity index is 668. The highest BCUT2D eigenvalue weighted by Crippen LogP contribution is 2.21. The lowest BCUT2D eigenvalue weighted by Gasteiger charge is -2.18. The maximum atomic E-state index is 12.0. The minimum atomic E-state index is -3.47. The van der Waals surface area contributed by atoms with E-state index in [0.717, 1.165) is 12.3 Å². The molecule has 22 heavy (non-hydrogen) atoms. The molecule has 0 atom stereocenters. The van der Waals surface area contributed by atoms with E-state index in [4.69, 9.17) is 16.3 Å². The number of amides is 1. The third-order valence-electron chi connectivity index (χ3n) is 3.03. The molecule has 122 valence electrons. The van der Waals surface area contributed by atoms with Crippen LogP contribution in [0, 0.1) is 0 Å². The molecule has 0 radical (unpaired) electrons. The lowest BCUT2D eigenvalue weighted by atomic mass is 10.2. The Balaban J connectivity index is 2.88. The summed E-state index contributed by atoms with van der Waals surface area (Å²) in [5.74, 6) is -1.16. The number of esters is 1. The molecule has 1 rings (SSSR count). The zero-order valence-corrected chi connectivity index (χ0v) is 14.2. The number of benzene rings is 1. The molecule has 0 spiro atoms. The standard InChI is InChI=1S/C14H18ClNO5S/c1-4-16(5-2)13(17)9-21-14(18)11-8-10(22(3,19)20)6-7-12(11)15/h6-8H,4-5,9H2,1-3H3. The number of nitrogens with zero attached hydrogens (tertiary/aromatic N) is 1. The van der Waals surface area contributed by atoms with Crippen LogP contribution in [0.15, 0.2) is 23.1 Å². The molecule has 6 nitrogen and oxygen atoms in total. The molecule has 1 aromatic carbocycles. The Hall–Kier alpha value is -1.60. The van der Waals surface area contributed by atoms with E-state index in [-0.39, 0.29) is 21.4 Å². The van der Waals surface area contributed by atoms with E-state index in [1.54, 1.807) is 0 Å². The first-order chi connectivity index (χ1) is 10.2. The molecule has 0 bridgehead atoms.